The summed E-state index contributed by atoms with van der Waals surface area (Å²) in [6.45, 7) is 7.06. The van der Waals surface area contributed by atoms with Crippen LogP contribution >= 0.6 is 0 Å². The minimum absolute atomic E-state index is 0.435. The zero-order valence-corrected chi connectivity index (χ0v) is 13.2. The lowest BCUT2D eigenvalue weighted by atomic mass is 10.1. The van der Waals surface area contributed by atoms with E-state index in [0.29, 0.717) is 18.0 Å². The molecule has 0 amide bonds. The van der Waals surface area contributed by atoms with E-state index in [1.807, 2.05) is 12.1 Å². The molecule has 1 aromatic carbocycles. The molecule has 0 radical (unpaired) electrons. The molecule has 1 aliphatic heterocycles. The molecular formula is C15H24N2O2S. The Morgan fingerprint density at radius 3 is 2.45 bits per heavy atom. The minimum Gasteiger partial charge on any atom is -0.313 e. The van der Waals surface area contributed by atoms with E-state index in [1.54, 1.807) is 10.4 Å². The number of nitrogens with zero attached hydrogens (tertiary/aromatic N) is 1. The highest BCUT2D eigenvalue weighted by atomic mass is 32.2. The molecule has 1 heterocycles. The van der Waals surface area contributed by atoms with Gasteiger partial charge in [-0.1, -0.05) is 19.9 Å². The largest absolute Gasteiger partial charge is 0.313 e. The maximum atomic E-state index is 12.6. The minimum atomic E-state index is -3.31. The predicted molar refractivity (Wildman–Crippen MR) is 81.2 cm³/mol. The average Bonchev–Trinajstić information content (AvgIpc) is 2.99. The van der Waals surface area contributed by atoms with Crippen molar-refractivity contribution in [2.75, 3.05) is 19.6 Å². The van der Waals surface area contributed by atoms with E-state index >= 15 is 0 Å². The Kier molecular flexibility index (Phi) is 5.18. The lowest BCUT2D eigenvalue weighted by Gasteiger charge is -2.17. The summed E-state index contributed by atoms with van der Waals surface area (Å²) in [7, 11) is -3.31. The first-order valence-corrected chi connectivity index (χ1v) is 8.86. The highest BCUT2D eigenvalue weighted by Gasteiger charge is 2.27. The molecule has 0 unspecified atom stereocenters. The third kappa shape index (κ3) is 3.22. The smallest absolute Gasteiger partial charge is 0.243 e. The van der Waals surface area contributed by atoms with Crippen molar-refractivity contribution in [2.24, 2.45) is 0 Å². The molecule has 1 saturated heterocycles. The molecule has 4 nitrogen and oxygen atoms in total. The van der Waals surface area contributed by atoms with Gasteiger partial charge in [0.15, 0.2) is 0 Å². The van der Waals surface area contributed by atoms with Gasteiger partial charge in [0, 0.05) is 19.6 Å². The molecule has 0 spiro atoms. The van der Waals surface area contributed by atoms with Crippen LogP contribution in [0.3, 0.4) is 0 Å². The van der Waals surface area contributed by atoms with Gasteiger partial charge in [0.05, 0.1) is 4.90 Å². The topological polar surface area (TPSA) is 49.4 Å². The van der Waals surface area contributed by atoms with Gasteiger partial charge in [-0.15, -0.1) is 0 Å². The second-order valence-corrected chi connectivity index (χ2v) is 7.11. The summed E-state index contributed by atoms with van der Waals surface area (Å²) in [5.74, 6) is 0. The standard InChI is InChI=1S/C15H24N2O2S/c1-3-13-7-8-15(11-14(13)12-16-4-2)20(18,19)17-9-5-6-10-17/h7-8,11,16H,3-6,9-10,12H2,1-2H3. The van der Waals surface area contributed by atoms with Crippen LogP contribution in [0.25, 0.3) is 0 Å². The Bertz CT molecular complexity index is 549. The fraction of sp³-hybridized carbons (Fsp3) is 0.600. The van der Waals surface area contributed by atoms with Crippen molar-refractivity contribution < 1.29 is 8.42 Å². The van der Waals surface area contributed by atoms with Crippen molar-refractivity contribution >= 4 is 10.0 Å². The first kappa shape index (κ1) is 15.5. The molecule has 0 aliphatic carbocycles. The molecule has 2 rings (SSSR count). The van der Waals surface area contributed by atoms with E-state index in [9.17, 15) is 8.42 Å². The van der Waals surface area contributed by atoms with Gasteiger partial charge in [-0.05, 0) is 49.1 Å². The molecule has 1 N–H and O–H groups in total. The van der Waals surface area contributed by atoms with E-state index < -0.39 is 10.0 Å². The quantitative estimate of drug-likeness (QED) is 0.875. The molecule has 0 bridgehead atoms. The molecule has 1 aromatic rings. The van der Waals surface area contributed by atoms with Crippen LogP contribution in [0.2, 0.25) is 0 Å². The first-order valence-electron chi connectivity index (χ1n) is 7.42. The van der Waals surface area contributed by atoms with Crippen LogP contribution in [-0.4, -0.2) is 32.4 Å². The summed E-state index contributed by atoms with van der Waals surface area (Å²) in [4.78, 5) is 0.435. The molecule has 0 aromatic heterocycles. The molecule has 0 saturated carbocycles. The number of hydrogen-bond acceptors (Lipinski definition) is 3. The van der Waals surface area contributed by atoms with Crippen molar-refractivity contribution in [2.45, 2.75) is 44.6 Å². The van der Waals surface area contributed by atoms with Gasteiger partial charge in [0.2, 0.25) is 10.0 Å². The Morgan fingerprint density at radius 1 is 1.15 bits per heavy atom. The summed E-state index contributed by atoms with van der Waals surface area (Å²) in [6, 6.07) is 5.55. The number of aryl methyl sites for hydroxylation is 1. The number of benzene rings is 1. The zero-order chi connectivity index (χ0) is 14.6. The van der Waals surface area contributed by atoms with Crippen molar-refractivity contribution in [3.05, 3.63) is 29.3 Å². The molecule has 0 atom stereocenters. The fourth-order valence-corrected chi connectivity index (χ4v) is 4.18. The second kappa shape index (κ2) is 6.70. The van der Waals surface area contributed by atoms with Gasteiger partial charge in [-0.25, -0.2) is 8.42 Å². The summed E-state index contributed by atoms with van der Waals surface area (Å²) in [5.41, 5.74) is 2.31. The predicted octanol–water partition coefficient (Wildman–Crippen LogP) is 2.14. The van der Waals surface area contributed by atoms with Crippen molar-refractivity contribution in [3.8, 4) is 0 Å². The van der Waals surface area contributed by atoms with E-state index in [0.717, 1.165) is 37.9 Å². The molecule has 20 heavy (non-hydrogen) atoms. The second-order valence-electron chi connectivity index (χ2n) is 5.18. The fourth-order valence-electron chi connectivity index (χ4n) is 2.61. The summed E-state index contributed by atoms with van der Waals surface area (Å²) >= 11 is 0. The Morgan fingerprint density at radius 2 is 1.85 bits per heavy atom. The van der Waals surface area contributed by atoms with Crippen LogP contribution in [0.15, 0.2) is 23.1 Å². The van der Waals surface area contributed by atoms with Gasteiger partial charge in [0.25, 0.3) is 0 Å². The van der Waals surface area contributed by atoms with Crippen LogP contribution in [0.4, 0.5) is 0 Å². The van der Waals surface area contributed by atoms with Gasteiger partial charge in [-0.2, -0.15) is 4.31 Å². The Hall–Kier alpha value is -0.910. The van der Waals surface area contributed by atoms with Crippen molar-refractivity contribution in [1.29, 1.82) is 0 Å². The van der Waals surface area contributed by atoms with Gasteiger partial charge < -0.3 is 5.32 Å². The van der Waals surface area contributed by atoms with Crippen LogP contribution < -0.4 is 5.32 Å². The monoisotopic (exact) mass is 296 g/mol. The molecule has 1 fully saturated rings. The lowest BCUT2D eigenvalue weighted by molar-refractivity contribution is 0.477. The number of nitrogens with one attached hydrogen (secondary N) is 1. The number of sulfonamides is 1. The van der Waals surface area contributed by atoms with E-state index in [2.05, 4.69) is 19.2 Å². The Labute approximate surface area is 122 Å². The molecular weight excluding hydrogens is 272 g/mol. The maximum Gasteiger partial charge on any atom is 0.243 e. The van der Waals surface area contributed by atoms with Crippen LogP contribution in [0.5, 0.6) is 0 Å². The van der Waals surface area contributed by atoms with E-state index in [1.165, 1.54) is 5.56 Å². The molecule has 112 valence electrons. The van der Waals surface area contributed by atoms with Crippen LogP contribution in [0.1, 0.15) is 37.8 Å². The van der Waals surface area contributed by atoms with Gasteiger partial charge >= 0.3 is 0 Å². The van der Waals surface area contributed by atoms with Gasteiger partial charge in [-0.3, -0.25) is 0 Å². The third-order valence-corrected chi connectivity index (χ3v) is 5.72. The summed E-state index contributed by atoms with van der Waals surface area (Å²) in [6.07, 6.45) is 2.86. The normalized spacial score (nSPS) is 16.7. The Balaban J connectivity index is 2.32. The maximum absolute atomic E-state index is 12.6. The van der Waals surface area contributed by atoms with E-state index in [-0.39, 0.29) is 0 Å². The number of hydrogen-bond donors (Lipinski definition) is 1. The van der Waals surface area contributed by atoms with Crippen molar-refractivity contribution in [1.82, 2.24) is 9.62 Å². The third-order valence-electron chi connectivity index (χ3n) is 3.83. The summed E-state index contributed by atoms with van der Waals surface area (Å²) in [5, 5.41) is 3.28. The van der Waals surface area contributed by atoms with Crippen LogP contribution in [-0.2, 0) is 23.0 Å². The zero-order valence-electron chi connectivity index (χ0n) is 12.4. The average molecular weight is 296 g/mol. The SMILES string of the molecule is CCNCc1cc(S(=O)(=O)N2CCCC2)ccc1CC. The lowest BCUT2D eigenvalue weighted by Crippen LogP contribution is -2.28. The summed E-state index contributed by atoms with van der Waals surface area (Å²) < 4.78 is 26.7. The number of rotatable bonds is 6. The molecule has 1 aliphatic rings. The van der Waals surface area contributed by atoms with Crippen molar-refractivity contribution in [3.63, 3.8) is 0 Å². The van der Waals surface area contributed by atoms with Gasteiger partial charge in [0.1, 0.15) is 0 Å². The van der Waals surface area contributed by atoms with E-state index in [4.69, 9.17) is 0 Å². The molecule has 5 heteroatoms. The highest BCUT2D eigenvalue weighted by molar-refractivity contribution is 7.89. The first-order chi connectivity index (χ1) is 9.59. The van der Waals surface area contributed by atoms with Crippen LogP contribution in [0, 0.1) is 0 Å². The highest BCUT2D eigenvalue weighted by Crippen LogP contribution is 2.23.